The summed E-state index contributed by atoms with van der Waals surface area (Å²) in [6.45, 7) is 1.84. The molecule has 0 aromatic rings. The first kappa shape index (κ1) is 12.8. The fourth-order valence-corrected chi connectivity index (χ4v) is 1.44. The van der Waals surface area contributed by atoms with Crippen LogP contribution in [0.15, 0.2) is 0 Å². The first-order chi connectivity index (χ1) is 7.11. The molecule has 1 aliphatic heterocycles. The molecule has 5 atom stereocenters. The van der Waals surface area contributed by atoms with E-state index in [1.807, 2.05) is 6.92 Å². The average Bonchev–Trinajstić information content (AvgIpc) is 2.25. The minimum atomic E-state index is -1.36. The Bertz CT molecular complexity index is 185. The SMILES string of the molecule is CCCO[C@H]1O[C@H](CO)[C@H](O)[C@@H](O)[C@@H]1O. The second kappa shape index (κ2) is 5.74. The van der Waals surface area contributed by atoms with Crippen LogP contribution < -0.4 is 0 Å². The lowest BCUT2D eigenvalue weighted by atomic mass is 9.99. The Morgan fingerprint density at radius 3 is 2.33 bits per heavy atom. The highest BCUT2D eigenvalue weighted by molar-refractivity contribution is 4.88. The molecule has 15 heavy (non-hydrogen) atoms. The molecule has 0 aliphatic carbocycles. The predicted molar refractivity (Wildman–Crippen MR) is 50.0 cm³/mol. The van der Waals surface area contributed by atoms with Crippen molar-refractivity contribution in [3.05, 3.63) is 0 Å². The monoisotopic (exact) mass is 222 g/mol. The Labute approximate surface area is 88.1 Å². The van der Waals surface area contributed by atoms with Gasteiger partial charge in [0, 0.05) is 6.61 Å². The highest BCUT2D eigenvalue weighted by Crippen LogP contribution is 2.21. The minimum absolute atomic E-state index is 0.378. The van der Waals surface area contributed by atoms with Crippen LogP contribution in [-0.4, -0.2) is 64.3 Å². The molecular formula is C9H18O6. The highest BCUT2D eigenvalue weighted by atomic mass is 16.7. The molecule has 90 valence electrons. The predicted octanol–water partition coefficient (Wildman–Crippen LogP) is -1.79. The summed E-state index contributed by atoms with van der Waals surface area (Å²) in [5, 5.41) is 37.2. The van der Waals surface area contributed by atoms with Crippen LogP contribution >= 0.6 is 0 Å². The summed E-state index contributed by atoms with van der Waals surface area (Å²) in [7, 11) is 0. The van der Waals surface area contributed by atoms with Gasteiger partial charge in [0.25, 0.3) is 0 Å². The number of hydrogen-bond acceptors (Lipinski definition) is 6. The maximum atomic E-state index is 9.51. The zero-order chi connectivity index (χ0) is 11.4. The molecule has 0 aromatic carbocycles. The maximum absolute atomic E-state index is 9.51. The van der Waals surface area contributed by atoms with Crippen LogP contribution in [0, 0.1) is 0 Å². The second-order valence-corrected chi connectivity index (χ2v) is 3.57. The van der Waals surface area contributed by atoms with Crippen LogP contribution in [0.3, 0.4) is 0 Å². The van der Waals surface area contributed by atoms with Crippen LogP contribution in [0.2, 0.25) is 0 Å². The zero-order valence-electron chi connectivity index (χ0n) is 8.61. The Kier molecular flexibility index (Phi) is 4.91. The summed E-state index contributed by atoms with van der Waals surface area (Å²) in [5.74, 6) is 0. The van der Waals surface area contributed by atoms with Gasteiger partial charge in [-0.1, -0.05) is 6.92 Å². The van der Waals surface area contributed by atoms with Crippen molar-refractivity contribution in [2.45, 2.75) is 44.1 Å². The lowest BCUT2D eigenvalue weighted by molar-refractivity contribution is -0.300. The third-order valence-electron chi connectivity index (χ3n) is 2.33. The maximum Gasteiger partial charge on any atom is 0.186 e. The van der Waals surface area contributed by atoms with Gasteiger partial charge in [-0.15, -0.1) is 0 Å². The molecule has 0 aromatic heterocycles. The smallest absolute Gasteiger partial charge is 0.186 e. The van der Waals surface area contributed by atoms with Crippen LogP contribution in [0.1, 0.15) is 13.3 Å². The van der Waals surface area contributed by atoms with Crippen LogP contribution in [0.25, 0.3) is 0 Å². The molecule has 0 saturated carbocycles. The van der Waals surface area contributed by atoms with Crippen molar-refractivity contribution in [3.63, 3.8) is 0 Å². The number of aliphatic hydroxyl groups is 4. The van der Waals surface area contributed by atoms with Crippen molar-refractivity contribution in [2.75, 3.05) is 13.2 Å². The molecule has 0 bridgehead atoms. The summed E-state index contributed by atoms with van der Waals surface area (Å²) in [5.41, 5.74) is 0. The third-order valence-corrected chi connectivity index (χ3v) is 2.33. The molecule has 0 amide bonds. The van der Waals surface area contributed by atoms with Crippen LogP contribution in [0.5, 0.6) is 0 Å². The molecule has 6 nitrogen and oxygen atoms in total. The molecule has 4 N–H and O–H groups in total. The molecule has 1 fully saturated rings. The average molecular weight is 222 g/mol. The van der Waals surface area contributed by atoms with E-state index in [2.05, 4.69) is 0 Å². The number of hydrogen-bond donors (Lipinski definition) is 4. The van der Waals surface area contributed by atoms with Crippen molar-refractivity contribution >= 4 is 0 Å². The van der Waals surface area contributed by atoms with Gasteiger partial charge < -0.3 is 29.9 Å². The Morgan fingerprint density at radius 1 is 1.13 bits per heavy atom. The molecule has 0 spiro atoms. The van der Waals surface area contributed by atoms with Gasteiger partial charge in [-0.2, -0.15) is 0 Å². The summed E-state index contributed by atoms with van der Waals surface area (Å²) in [4.78, 5) is 0. The molecule has 1 heterocycles. The minimum Gasteiger partial charge on any atom is -0.394 e. The summed E-state index contributed by atoms with van der Waals surface area (Å²) >= 11 is 0. The van der Waals surface area contributed by atoms with E-state index in [-0.39, 0.29) is 0 Å². The van der Waals surface area contributed by atoms with Crippen molar-refractivity contribution in [2.24, 2.45) is 0 Å². The van der Waals surface area contributed by atoms with Gasteiger partial charge in [-0.05, 0) is 6.42 Å². The standard InChI is InChI=1S/C9H18O6/c1-2-3-14-9-8(13)7(12)6(11)5(4-10)15-9/h5-13H,2-4H2,1H3/t5-,6+,7-,8+,9+/m1/s1. The molecule has 0 radical (unpaired) electrons. The van der Waals surface area contributed by atoms with E-state index < -0.39 is 37.3 Å². The van der Waals surface area contributed by atoms with Gasteiger partial charge in [0.15, 0.2) is 6.29 Å². The normalized spacial score (nSPS) is 41.8. The van der Waals surface area contributed by atoms with Gasteiger partial charge in [-0.25, -0.2) is 0 Å². The van der Waals surface area contributed by atoms with E-state index in [0.29, 0.717) is 6.61 Å². The Hall–Kier alpha value is -0.240. The zero-order valence-corrected chi connectivity index (χ0v) is 8.61. The van der Waals surface area contributed by atoms with Crippen molar-refractivity contribution in [1.29, 1.82) is 0 Å². The van der Waals surface area contributed by atoms with Crippen molar-refractivity contribution in [3.8, 4) is 0 Å². The number of aliphatic hydroxyl groups excluding tert-OH is 4. The van der Waals surface area contributed by atoms with Gasteiger partial charge >= 0.3 is 0 Å². The number of rotatable bonds is 4. The molecule has 1 saturated heterocycles. The molecular weight excluding hydrogens is 204 g/mol. The fraction of sp³-hybridized carbons (Fsp3) is 1.00. The second-order valence-electron chi connectivity index (χ2n) is 3.57. The first-order valence-electron chi connectivity index (χ1n) is 5.04. The quantitative estimate of drug-likeness (QED) is 0.448. The Morgan fingerprint density at radius 2 is 1.80 bits per heavy atom. The van der Waals surface area contributed by atoms with Crippen LogP contribution in [-0.2, 0) is 9.47 Å². The van der Waals surface area contributed by atoms with E-state index in [4.69, 9.17) is 14.6 Å². The largest absolute Gasteiger partial charge is 0.394 e. The van der Waals surface area contributed by atoms with E-state index in [9.17, 15) is 15.3 Å². The third kappa shape index (κ3) is 2.87. The molecule has 0 unspecified atom stereocenters. The van der Waals surface area contributed by atoms with Gasteiger partial charge in [0.05, 0.1) is 6.61 Å². The van der Waals surface area contributed by atoms with E-state index in [1.165, 1.54) is 0 Å². The van der Waals surface area contributed by atoms with Gasteiger partial charge in [0.1, 0.15) is 24.4 Å². The van der Waals surface area contributed by atoms with Crippen molar-refractivity contribution in [1.82, 2.24) is 0 Å². The first-order valence-corrected chi connectivity index (χ1v) is 5.04. The van der Waals surface area contributed by atoms with E-state index in [1.54, 1.807) is 0 Å². The van der Waals surface area contributed by atoms with Crippen molar-refractivity contribution < 1.29 is 29.9 Å². The van der Waals surface area contributed by atoms with Crippen LogP contribution in [0.4, 0.5) is 0 Å². The molecule has 6 heteroatoms. The summed E-state index contributed by atoms with van der Waals surface area (Å²) < 4.78 is 10.2. The van der Waals surface area contributed by atoms with E-state index in [0.717, 1.165) is 6.42 Å². The topological polar surface area (TPSA) is 99.4 Å². The fourth-order valence-electron chi connectivity index (χ4n) is 1.44. The van der Waals surface area contributed by atoms with Gasteiger partial charge in [0.2, 0.25) is 0 Å². The lowest BCUT2D eigenvalue weighted by Gasteiger charge is -2.39. The summed E-state index contributed by atoms with van der Waals surface area (Å²) in [6, 6.07) is 0. The highest BCUT2D eigenvalue weighted by Gasteiger charge is 2.43. The Balaban J connectivity index is 2.57. The van der Waals surface area contributed by atoms with E-state index >= 15 is 0 Å². The lowest BCUT2D eigenvalue weighted by Crippen LogP contribution is -2.59. The molecule has 1 aliphatic rings. The molecule has 1 rings (SSSR count). The number of ether oxygens (including phenoxy) is 2. The van der Waals surface area contributed by atoms with Gasteiger partial charge in [-0.3, -0.25) is 0 Å². The summed E-state index contributed by atoms with van der Waals surface area (Å²) in [6.07, 6.45) is -5.14.